The number of carboxylic acid groups (broad SMARTS) is 3. The molecule has 0 bridgehead atoms. The average Bonchev–Trinajstić information content (AvgIpc) is 1.80. The first-order valence-corrected chi connectivity index (χ1v) is 3.23. The van der Waals surface area contributed by atoms with Gasteiger partial charge in [0.05, 0.1) is 17.9 Å². The van der Waals surface area contributed by atoms with Gasteiger partial charge in [0.25, 0.3) is 0 Å². The predicted octanol–water partition coefficient (Wildman–Crippen LogP) is -5.46. The van der Waals surface area contributed by atoms with Crippen molar-refractivity contribution in [2.45, 2.75) is 0 Å². The largest absolute Gasteiger partial charge is 2.00 e. The summed E-state index contributed by atoms with van der Waals surface area (Å²) < 4.78 is 0. The maximum absolute atomic E-state index is 9.99. The molecule has 0 spiro atoms. The topological polar surface area (TPSA) is 124 Å². The predicted molar refractivity (Wildman–Crippen MR) is 31.5 cm³/mol. The molecule has 7 nitrogen and oxygen atoms in total. The van der Waals surface area contributed by atoms with Crippen LogP contribution in [0.4, 0.5) is 0 Å². The zero-order valence-electron chi connectivity index (χ0n) is 6.82. The van der Waals surface area contributed by atoms with Crippen molar-refractivity contribution in [3.05, 3.63) is 0 Å². The molecule has 0 saturated carbocycles. The molecule has 83 valence electrons. The molecule has 0 atom stereocenters. The number of carbonyl (C=O) groups is 3. The third kappa shape index (κ3) is 8.98. The molecule has 0 amide bonds. The molecule has 1 radical (unpaired) electrons. The molecule has 0 unspecified atom stereocenters. The van der Waals surface area contributed by atoms with E-state index < -0.39 is 37.5 Å². The van der Waals surface area contributed by atoms with E-state index in [0.717, 1.165) is 0 Å². The maximum Gasteiger partial charge on any atom is 2.00 e. The number of hydrogen-bond acceptors (Lipinski definition) is 7. The van der Waals surface area contributed by atoms with Crippen LogP contribution in [0.2, 0.25) is 0 Å². The minimum Gasteiger partial charge on any atom is -0.549 e. The van der Waals surface area contributed by atoms with E-state index in [2.05, 4.69) is 0 Å². The summed E-state index contributed by atoms with van der Waals surface area (Å²) in [5.41, 5.74) is 0. The van der Waals surface area contributed by atoms with Gasteiger partial charge >= 0.3 is 17.1 Å². The number of nitrogens with zero attached hydrogens (tertiary/aromatic N) is 1. The molecule has 0 saturated heterocycles. The standard InChI is InChI=1S/C6H9NO6.Cu/c8-4(9)1-7(2-5(10)11)3-6(12)13;/h1-3H2,(H,8,9)(H,10,11)(H,12,13);/q;+2/p-3. The van der Waals surface area contributed by atoms with Gasteiger partial charge < -0.3 is 29.7 Å². The van der Waals surface area contributed by atoms with E-state index in [9.17, 15) is 29.7 Å². The van der Waals surface area contributed by atoms with Crippen molar-refractivity contribution >= 4 is 17.9 Å². The first-order chi connectivity index (χ1) is 5.91. The van der Waals surface area contributed by atoms with Crippen LogP contribution in [-0.4, -0.2) is 42.4 Å². The molecule has 0 aliphatic carbocycles. The van der Waals surface area contributed by atoms with Gasteiger partial charge in [-0.3, -0.25) is 4.90 Å². The van der Waals surface area contributed by atoms with E-state index in [1.165, 1.54) is 0 Å². The van der Waals surface area contributed by atoms with Gasteiger partial charge in [0, 0.05) is 19.6 Å². The number of rotatable bonds is 6. The van der Waals surface area contributed by atoms with Crippen molar-refractivity contribution in [1.29, 1.82) is 0 Å². The summed E-state index contributed by atoms with van der Waals surface area (Å²) in [4.78, 5) is 30.6. The van der Waals surface area contributed by atoms with E-state index in [1.54, 1.807) is 0 Å². The fourth-order valence-corrected chi connectivity index (χ4v) is 0.715. The van der Waals surface area contributed by atoms with E-state index in [1.807, 2.05) is 0 Å². The summed E-state index contributed by atoms with van der Waals surface area (Å²) >= 11 is 0. The molecule has 8 heteroatoms. The van der Waals surface area contributed by atoms with Gasteiger partial charge in [-0.15, -0.1) is 0 Å². The molecule has 0 aliphatic rings. The molecule has 0 aliphatic heterocycles. The van der Waals surface area contributed by atoms with Crippen LogP contribution in [0.5, 0.6) is 0 Å². The second-order valence-electron chi connectivity index (χ2n) is 2.26. The third-order valence-electron chi connectivity index (χ3n) is 1.06. The smallest absolute Gasteiger partial charge is 0.549 e. The summed E-state index contributed by atoms with van der Waals surface area (Å²) in [5, 5.41) is 30.0. The summed E-state index contributed by atoms with van der Waals surface area (Å²) in [6.45, 7) is -2.37. The number of hydrogen-bond donors (Lipinski definition) is 0. The van der Waals surface area contributed by atoms with E-state index in [4.69, 9.17) is 0 Å². The Morgan fingerprint density at radius 2 is 1.00 bits per heavy atom. The van der Waals surface area contributed by atoms with Gasteiger partial charge in [0.2, 0.25) is 0 Å². The van der Waals surface area contributed by atoms with Crippen LogP contribution in [0.3, 0.4) is 0 Å². The molecular weight excluding hydrogens is 246 g/mol. The van der Waals surface area contributed by atoms with Gasteiger partial charge in [-0.05, 0) is 0 Å². The van der Waals surface area contributed by atoms with Crippen molar-refractivity contribution in [3.8, 4) is 0 Å². The Kier molecular flexibility index (Phi) is 8.02. The summed E-state index contributed by atoms with van der Waals surface area (Å²) in [7, 11) is 0. The fraction of sp³-hybridized carbons (Fsp3) is 0.500. The third-order valence-corrected chi connectivity index (χ3v) is 1.06. The summed E-state index contributed by atoms with van der Waals surface area (Å²) in [5.74, 6) is -4.70. The van der Waals surface area contributed by atoms with Gasteiger partial charge in [0.1, 0.15) is 0 Å². The van der Waals surface area contributed by atoms with E-state index in [-0.39, 0.29) is 17.1 Å². The second-order valence-corrected chi connectivity index (χ2v) is 2.26. The molecule has 0 aromatic heterocycles. The van der Waals surface area contributed by atoms with Crippen molar-refractivity contribution < 1.29 is 46.8 Å². The Bertz CT molecular complexity index is 192. The monoisotopic (exact) mass is 251 g/mol. The molecule has 0 fully saturated rings. The Balaban J connectivity index is 0. The van der Waals surface area contributed by atoms with Crippen LogP contribution in [0, 0.1) is 0 Å². The maximum atomic E-state index is 9.99. The van der Waals surface area contributed by atoms with Crippen LogP contribution >= 0.6 is 0 Å². The quantitative estimate of drug-likeness (QED) is 0.431. The first kappa shape index (κ1) is 15.4. The van der Waals surface area contributed by atoms with Crippen molar-refractivity contribution in [1.82, 2.24) is 4.90 Å². The van der Waals surface area contributed by atoms with Crippen LogP contribution in [0.1, 0.15) is 0 Å². The second kappa shape index (κ2) is 7.31. The Morgan fingerprint density at radius 3 is 1.14 bits per heavy atom. The minimum atomic E-state index is -1.57. The van der Waals surface area contributed by atoms with Gasteiger partial charge in [-0.25, -0.2) is 0 Å². The van der Waals surface area contributed by atoms with Crippen LogP contribution in [0.15, 0.2) is 0 Å². The van der Waals surface area contributed by atoms with Gasteiger partial charge in [0.15, 0.2) is 0 Å². The van der Waals surface area contributed by atoms with Crippen LogP contribution < -0.4 is 15.3 Å². The average molecular weight is 252 g/mol. The molecule has 0 aromatic carbocycles. The zero-order chi connectivity index (χ0) is 10.4. The Hall–Kier alpha value is -1.11. The molecular formula is C6H6CuNO6-. The van der Waals surface area contributed by atoms with Crippen LogP contribution in [-0.2, 0) is 31.5 Å². The molecule has 0 rings (SSSR count). The number of carbonyl (C=O) groups excluding carboxylic acids is 3. The summed E-state index contributed by atoms with van der Waals surface area (Å²) in [6.07, 6.45) is 0. The van der Waals surface area contributed by atoms with Crippen LogP contribution in [0.25, 0.3) is 0 Å². The van der Waals surface area contributed by atoms with E-state index in [0.29, 0.717) is 4.90 Å². The molecule has 0 N–H and O–H groups in total. The minimum absolute atomic E-state index is 0. The van der Waals surface area contributed by atoms with Crippen molar-refractivity contribution in [2.24, 2.45) is 0 Å². The molecule has 0 aromatic rings. The van der Waals surface area contributed by atoms with Crippen molar-refractivity contribution in [3.63, 3.8) is 0 Å². The number of carboxylic acids is 3. The number of aliphatic carboxylic acids is 3. The normalized spacial score (nSPS) is 9.21. The SMILES string of the molecule is O=C([O-])CN(CC(=O)[O-])CC(=O)[O-].[Cu+2]. The fourth-order valence-electron chi connectivity index (χ4n) is 0.715. The molecule has 14 heavy (non-hydrogen) atoms. The van der Waals surface area contributed by atoms with Gasteiger partial charge in [-0.2, -0.15) is 0 Å². The zero-order valence-corrected chi connectivity index (χ0v) is 7.76. The molecule has 0 heterocycles. The Labute approximate surface area is 89.8 Å². The van der Waals surface area contributed by atoms with Crippen molar-refractivity contribution in [2.75, 3.05) is 19.6 Å². The summed E-state index contributed by atoms with van der Waals surface area (Å²) in [6, 6.07) is 0. The van der Waals surface area contributed by atoms with Gasteiger partial charge in [-0.1, -0.05) is 0 Å². The van der Waals surface area contributed by atoms with E-state index >= 15 is 0 Å². The Morgan fingerprint density at radius 1 is 0.786 bits per heavy atom. The first-order valence-electron chi connectivity index (χ1n) is 3.23.